The first kappa shape index (κ1) is 14.9. The highest BCUT2D eigenvalue weighted by Crippen LogP contribution is 2.08. The van der Waals surface area contributed by atoms with Crippen molar-refractivity contribution in [1.29, 1.82) is 10.5 Å². The summed E-state index contributed by atoms with van der Waals surface area (Å²) in [6.07, 6.45) is 2.08. The number of Topliss-reactive ketones (excluding diaryl/α,β-unsaturated/α-hetero) is 1. The normalized spacial score (nSPS) is 9.89. The van der Waals surface area contributed by atoms with Crippen molar-refractivity contribution in [3.8, 4) is 12.1 Å². The van der Waals surface area contributed by atoms with Gasteiger partial charge in [0.2, 0.25) is 0 Å². The third-order valence-electron chi connectivity index (χ3n) is 2.77. The number of hydrogen-bond donors (Lipinski definition) is 0. The van der Waals surface area contributed by atoms with Gasteiger partial charge in [-0.05, 0) is 12.0 Å². The Labute approximate surface area is 113 Å². The van der Waals surface area contributed by atoms with Crippen LogP contribution in [-0.4, -0.2) is 30.3 Å². The van der Waals surface area contributed by atoms with Crippen LogP contribution in [0, 0.1) is 22.7 Å². The summed E-state index contributed by atoms with van der Waals surface area (Å²) in [5.41, 5.74) is 1.84. The quantitative estimate of drug-likeness (QED) is 0.553. The van der Waals surface area contributed by atoms with Crippen molar-refractivity contribution >= 4 is 5.78 Å². The van der Waals surface area contributed by atoms with Crippen molar-refractivity contribution < 1.29 is 4.79 Å². The van der Waals surface area contributed by atoms with Crippen LogP contribution in [-0.2, 0) is 6.42 Å². The summed E-state index contributed by atoms with van der Waals surface area (Å²) in [7, 11) is 0. The Bertz CT molecular complexity index is 478. The Morgan fingerprint density at radius 1 is 1.16 bits per heavy atom. The number of hydrogen-bond acceptors (Lipinski definition) is 4. The zero-order chi connectivity index (χ0) is 14.1. The van der Waals surface area contributed by atoms with Crippen LogP contribution >= 0.6 is 0 Å². The van der Waals surface area contributed by atoms with Crippen LogP contribution in [0.1, 0.15) is 29.3 Å². The molecule has 0 radical (unpaired) electrons. The third kappa shape index (κ3) is 4.91. The minimum absolute atomic E-state index is 0.0615. The fraction of sp³-hybridized carbons (Fsp3) is 0.400. The molecule has 0 saturated carbocycles. The topological polar surface area (TPSA) is 67.9 Å². The average Bonchev–Trinajstić information content (AvgIpc) is 2.40. The van der Waals surface area contributed by atoms with Crippen LogP contribution in [0.15, 0.2) is 24.3 Å². The minimum Gasteiger partial charge on any atom is -0.293 e. The van der Waals surface area contributed by atoms with Crippen molar-refractivity contribution in [1.82, 2.24) is 4.90 Å². The van der Waals surface area contributed by atoms with E-state index in [-0.39, 0.29) is 25.4 Å². The van der Waals surface area contributed by atoms with Crippen LogP contribution < -0.4 is 0 Å². The summed E-state index contributed by atoms with van der Waals surface area (Å²) in [6.45, 7) is 2.40. The number of ketones is 1. The zero-order valence-electron chi connectivity index (χ0n) is 11.1. The van der Waals surface area contributed by atoms with Crippen LogP contribution in [0.5, 0.6) is 0 Å². The Morgan fingerprint density at radius 2 is 1.74 bits per heavy atom. The van der Waals surface area contributed by atoms with Gasteiger partial charge in [-0.1, -0.05) is 37.6 Å². The van der Waals surface area contributed by atoms with E-state index >= 15 is 0 Å². The van der Waals surface area contributed by atoms with Gasteiger partial charge in [-0.15, -0.1) is 0 Å². The molecule has 0 spiro atoms. The number of rotatable bonds is 7. The molecule has 0 fully saturated rings. The average molecular weight is 255 g/mol. The lowest BCUT2D eigenvalue weighted by Crippen LogP contribution is -2.30. The summed E-state index contributed by atoms with van der Waals surface area (Å²) in [6, 6.07) is 11.4. The molecular formula is C15H17N3O. The van der Waals surface area contributed by atoms with E-state index < -0.39 is 0 Å². The second kappa shape index (κ2) is 8.02. The SMILES string of the molecule is CCCc1ccc(C(=O)CN(CC#N)CC#N)cc1. The van der Waals surface area contributed by atoms with Crippen molar-refractivity contribution in [2.75, 3.05) is 19.6 Å². The number of carbonyl (C=O) groups is 1. The maximum atomic E-state index is 12.0. The monoisotopic (exact) mass is 255 g/mol. The molecule has 0 aliphatic carbocycles. The van der Waals surface area contributed by atoms with Crippen molar-refractivity contribution in [2.45, 2.75) is 19.8 Å². The predicted molar refractivity (Wildman–Crippen MR) is 72.4 cm³/mol. The van der Waals surface area contributed by atoms with Crippen LogP contribution in [0.3, 0.4) is 0 Å². The first-order valence-electron chi connectivity index (χ1n) is 6.29. The van der Waals surface area contributed by atoms with E-state index in [4.69, 9.17) is 10.5 Å². The van der Waals surface area contributed by atoms with Gasteiger partial charge in [0.15, 0.2) is 5.78 Å². The van der Waals surface area contributed by atoms with Gasteiger partial charge in [0.25, 0.3) is 0 Å². The van der Waals surface area contributed by atoms with Crippen molar-refractivity contribution in [3.05, 3.63) is 35.4 Å². The first-order valence-corrected chi connectivity index (χ1v) is 6.29. The Morgan fingerprint density at radius 3 is 2.21 bits per heavy atom. The number of nitriles is 2. The van der Waals surface area contributed by atoms with Gasteiger partial charge in [-0.2, -0.15) is 10.5 Å². The maximum absolute atomic E-state index is 12.0. The van der Waals surface area contributed by atoms with E-state index in [2.05, 4.69) is 6.92 Å². The molecule has 19 heavy (non-hydrogen) atoms. The second-order valence-electron chi connectivity index (χ2n) is 4.33. The van der Waals surface area contributed by atoms with Gasteiger partial charge in [0, 0.05) is 5.56 Å². The molecule has 0 amide bonds. The number of carbonyl (C=O) groups excluding carboxylic acids is 1. The molecule has 0 unspecified atom stereocenters. The highest BCUT2D eigenvalue weighted by Gasteiger charge is 2.11. The summed E-state index contributed by atoms with van der Waals surface area (Å²) in [4.78, 5) is 13.5. The van der Waals surface area contributed by atoms with Gasteiger partial charge < -0.3 is 0 Å². The molecule has 0 aliphatic rings. The Balaban J connectivity index is 2.66. The number of nitrogens with zero attached hydrogens (tertiary/aromatic N) is 3. The molecule has 1 aromatic carbocycles. The highest BCUT2D eigenvalue weighted by atomic mass is 16.1. The number of benzene rings is 1. The molecule has 0 saturated heterocycles. The molecule has 0 atom stereocenters. The molecule has 4 nitrogen and oxygen atoms in total. The fourth-order valence-corrected chi connectivity index (χ4v) is 1.81. The summed E-state index contributed by atoms with van der Waals surface area (Å²) < 4.78 is 0. The largest absolute Gasteiger partial charge is 0.293 e. The van der Waals surface area contributed by atoms with Gasteiger partial charge in [-0.25, -0.2) is 0 Å². The molecule has 0 aliphatic heterocycles. The van der Waals surface area contributed by atoms with Crippen LogP contribution in [0.2, 0.25) is 0 Å². The Kier molecular flexibility index (Phi) is 6.29. The molecule has 0 heterocycles. The van der Waals surface area contributed by atoms with E-state index in [1.165, 1.54) is 10.5 Å². The van der Waals surface area contributed by atoms with Gasteiger partial charge >= 0.3 is 0 Å². The first-order chi connectivity index (χ1) is 9.21. The van der Waals surface area contributed by atoms with Gasteiger partial charge in [-0.3, -0.25) is 9.69 Å². The van der Waals surface area contributed by atoms with Crippen molar-refractivity contribution in [3.63, 3.8) is 0 Å². The van der Waals surface area contributed by atoms with Crippen LogP contribution in [0.4, 0.5) is 0 Å². The maximum Gasteiger partial charge on any atom is 0.176 e. The van der Waals surface area contributed by atoms with E-state index in [1.807, 2.05) is 36.4 Å². The van der Waals surface area contributed by atoms with E-state index in [0.29, 0.717) is 5.56 Å². The third-order valence-corrected chi connectivity index (χ3v) is 2.77. The lowest BCUT2D eigenvalue weighted by atomic mass is 10.1. The smallest absolute Gasteiger partial charge is 0.176 e. The fourth-order valence-electron chi connectivity index (χ4n) is 1.81. The molecule has 1 aromatic rings. The molecule has 1 rings (SSSR count). The lowest BCUT2D eigenvalue weighted by molar-refractivity contribution is 0.0946. The molecule has 0 N–H and O–H groups in total. The van der Waals surface area contributed by atoms with E-state index in [1.54, 1.807) is 0 Å². The highest BCUT2D eigenvalue weighted by molar-refractivity contribution is 5.97. The second-order valence-corrected chi connectivity index (χ2v) is 4.33. The number of aryl methyl sites for hydroxylation is 1. The van der Waals surface area contributed by atoms with E-state index in [9.17, 15) is 4.79 Å². The molecular weight excluding hydrogens is 238 g/mol. The van der Waals surface area contributed by atoms with Crippen LogP contribution in [0.25, 0.3) is 0 Å². The predicted octanol–water partition coefficient (Wildman–Crippen LogP) is 2.17. The summed E-state index contributed by atoms with van der Waals surface area (Å²) in [5.74, 6) is -0.0615. The van der Waals surface area contributed by atoms with Gasteiger partial charge in [0.05, 0.1) is 31.8 Å². The summed E-state index contributed by atoms with van der Waals surface area (Å²) in [5, 5.41) is 17.3. The summed E-state index contributed by atoms with van der Waals surface area (Å²) >= 11 is 0. The molecule has 4 heteroatoms. The molecule has 0 aromatic heterocycles. The molecule has 98 valence electrons. The standard InChI is InChI=1S/C15H17N3O/c1-2-3-13-4-6-14(7-5-13)15(19)12-18(10-8-16)11-9-17/h4-7H,2-3,10-12H2,1H3. The zero-order valence-corrected chi connectivity index (χ0v) is 11.1. The van der Waals surface area contributed by atoms with E-state index in [0.717, 1.165) is 12.8 Å². The molecule has 0 bridgehead atoms. The lowest BCUT2D eigenvalue weighted by Gasteiger charge is -2.14. The van der Waals surface area contributed by atoms with Gasteiger partial charge in [0.1, 0.15) is 0 Å². The minimum atomic E-state index is -0.0615. The Hall–Kier alpha value is -2.17. The van der Waals surface area contributed by atoms with Crippen molar-refractivity contribution in [2.24, 2.45) is 0 Å².